The van der Waals surface area contributed by atoms with Crippen molar-refractivity contribution in [2.45, 2.75) is 13.0 Å². The summed E-state index contributed by atoms with van der Waals surface area (Å²) in [7, 11) is 0. The Balaban J connectivity index is 1.41. The number of carbonyl (C=O) groups excluding carboxylic acids is 1. The van der Waals surface area contributed by atoms with Crippen molar-refractivity contribution in [3.63, 3.8) is 0 Å². The smallest absolute Gasteiger partial charge is 0.276 e. The Labute approximate surface area is 149 Å². The molecular formula is C16H18ClN7O. The molecule has 1 fully saturated rings. The fourth-order valence-electron chi connectivity index (χ4n) is 3.12. The van der Waals surface area contributed by atoms with Gasteiger partial charge in [-0.15, -0.1) is 0 Å². The topological polar surface area (TPSA) is 82.4 Å². The van der Waals surface area contributed by atoms with Crippen LogP contribution in [-0.4, -0.2) is 66.7 Å². The minimum absolute atomic E-state index is 0.0713. The van der Waals surface area contributed by atoms with E-state index >= 15 is 0 Å². The molecule has 0 unspecified atom stereocenters. The van der Waals surface area contributed by atoms with Gasteiger partial charge in [-0.25, -0.2) is 4.98 Å². The van der Waals surface area contributed by atoms with Crippen LogP contribution in [0.4, 0.5) is 0 Å². The molecule has 1 saturated heterocycles. The van der Waals surface area contributed by atoms with Gasteiger partial charge in [0.2, 0.25) is 0 Å². The number of rotatable bonds is 3. The molecule has 1 aliphatic rings. The van der Waals surface area contributed by atoms with Crippen LogP contribution in [0.2, 0.25) is 5.02 Å². The Bertz CT molecular complexity index is 876. The Morgan fingerprint density at radius 2 is 2.12 bits per heavy atom. The van der Waals surface area contributed by atoms with Crippen LogP contribution in [0.15, 0.2) is 30.7 Å². The number of H-pyrrole nitrogens is 1. The highest BCUT2D eigenvalue weighted by atomic mass is 35.5. The quantitative estimate of drug-likeness (QED) is 0.765. The Morgan fingerprint density at radius 1 is 1.20 bits per heavy atom. The number of nitrogens with one attached hydrogen (secondary N) is 1. The van der Waals surface area contributed by atoms with Crippen LogP contribution in [0.3, 0.4) is 0 Å². The summed E-state index contributed by atoms with van der Waals surface area (Å²) in [5.41, 5.74) is 2.25. The number of nitrogens with zero attached hydrogens (tertiary/aromatic N) is 6. The number of hydrogen-bond donors (Lipinski definition) is 1. The number of fused-ring (bicyclic) bond motifs is 1. The van der Waals surface area contributed by atoms with Gasteiger partial charge < -0.3 is 9.30 Å². The summed E-state index contributed by atoms with van der Waals surface area (Å²) in [6.07, 6.45) is 6.24. The van der Waals surface area contributed by atoms with Crippen LogP contribution in [0.1, 0.15) is 22.6 Å². The zero-order valence-corrected chi connectivity index (χ0v) is 14.4. The lowest BCUT2D eigenvalue weighted by Gasteiger charge is -2.20. The normalized spacial score (nSPS) is 16.3. The number of pyridine rings is 1. The van der Waals surface area contributed by atoms with Crippen molar-refractivity contribution < 1.29 is 4.79 Å². The fourth-order valence-corrected chi connectivity index (χ4v) is 3.29. The monoisotopic (exact) mass is 359 g/mol. The van der Waals surface area contributed by atoms with Gasteiger partial charge >= 0.3 is 0 Å². The van der Waals surface area contributed by atoms with Gasteiger partial charge in [0.15, 0.2) is 5.69 Å². The standard InChI is InChI=1S/C16H18ClN7O/c17-12-2-3-15-19-13(11-24(15)9-12)10-22-4-1-5-23(7-6-22)16(25)14-8-18-21-20-14/h2-3,8-9,11H,1,4-7,10H2,(H,18,20,21). The molecule has 130 valence electrons. The van der Waals surface area contributed by atoms with E-state index in [1.54, 1.807) is 0 Å². The maximum absolute atomic E-state index is 12.4. The summed E-state index contributed by atoms with van der Waals surface area (Å²) in [6, 6.07) is 3.75. The SMILES string of the molecule is O=C(c1cn[nH]n1)N1CCCN(Cc2cn3cc(Cl)ccc3n2)CC1. The molecule has 0 bridgehead atoms. The van der Waals surface area contributed by atoms with E-state index in [0.717, 1.165) is 43.9 Å². The molecule has 0 atom stereocenters. The zero-order valence-electron chi connectivity index (χ0n) is 13.6. The molecule has 3 aromatic rings. The van der Waals surface area contributed by atoms with E-state index in [0.29, 0.717) is 17.3 Å². The summed E-state index contributed by atoms with van der Waals surface area (Å²) >= 11 is 6.02. The van der Waals surface area contributed by atoms with Crippen molar-refractivity contribution in [1.29, 1.82) is 0 Å². The number of aromatic nitrogens is 5. The minimum atomic E-state index is -0.0713. The molecule has 1 amide bonds. The Morgan fingerprint density at radius 3 is 2.96 bits per heavy atom. The van der Waals surface area contributed by atoms with Crippen molar-refractivity contribution >= 4 is 23.2 Å². The van der Waals surface area contributed by atoms with Gasteiger partial charge in [0.25, 0.3) is 5.91 Å². The third-order valence-electron chi connectivity index (χ3n) is 4.36. The summed E-state index contributed by atoms with van der Waals surface area (Å²) in [5, 5.41) is 10.8. The van der Waals surface area contributed by atoms with Gasteiger partial charge in [0.1, 0.15) is 5.65 Å². The van der Waals surface area contributed by atoms with E-state index in [1.807, 2.05) is 33.8 Å². The Kier molecular flexibility index (Phi) is 4.37. The molecule has 9 heteroatoms. The second-order valence-electron chi connectivity index (χ2n) is 6.12. The number of halogens is 1. The number of imidazole rings is 1. The van der Waals surface area contributed by atoms with Crippen LogP contribution in [0.25, 0.3) is 5.65 Å². The molecule has 0 aliphatic carbocycles. The maximum Gasteiger partial charge on any atom is 0.276 e. The third kappa shape index (κ3) is 3.49. The molecule has 0 spiro atoms. The van der Waals surface area contributed by atoms with E-state index in [9.17, 15) is 4.79 Å². The van der Waals surface area contributed by atoms with E-state index in [4.69, 9.17) is 11.6 Å². The van der Waals surface area contributed by atoms with Crippen molar-refractivity contribution in [1.82, 2.24) is 34.6 Å². The lowest BCUT2D eigenvalue weighted by atomic mass is 10.3. The number of hydrogen-bond acceptors (Lipinski definition) is 5. The average Bonchev–Trinajstić information content (AvgIpc) is 3.20. The molecule has 0 aromatic carbocycles. The molecule has 25 heavy (non-hydrogen) atoms. The lowest BCUT2D eigenvalue weighted by Crippen LogP contribution is -2.35. The highest BCUT2D eigenvalue weighted by Gasteiger charge is 2.22. The van der Waals surface area contributed by atoms with Gasteiger partial charge in [0, 0.05) is 45.1 Å². The van der Waals surface area contributed by atoms with Gasteiger partial charge in [0.05, 0.1) is 16.9 Å². The molecule has 0 saturated carbocycles. The van der Waals surface area contributed by atoms with Crippen molar-refractivity contribution in [2.75, 3.05) is 26.2 Å². The second-order valence-corrected chi connectivity index (χ2v) is 6.56. The average molecular weight is 360 g/mol. The number of aromatic amines is 1. The summed E-state index contributed by atoms with van der Waals surface area (Å²) in [4.78, 5) is 21.2. The molecular weight excluding hydrogens is 342 g/mol. The predicted molar refractivity (Wildman–Crippen MR) is 92.4 cm³/mol. The van der Waals surface area contributed by atoms with Crippen LogP contribution in [0.5, 0.6) is 0 Å². The van der Waals surface area contributed by atoms with Gasteiger partial charge in [-0.1, -0.05) is 11.6 Å². The van der Waals surface area contributed by atoms with Crippen molar-refractivity contribution in [3.05, 3.63) is 47.1 Å². The van der Waals surface area contributed by atoms with Crippen LogP contribution in [0, 0.1) is 0 Å². The zero-order chi connectivity index (χ0) is 17.2. The molecule has 1 N–H and O–H groups in total. The van der Waals surface area contributed by atoms with E-state index in [2.05, 4.69) is 25.3 Å². The highest BCUT2D eigenvalue weighted by molar-refractivity contribution is 6.30. The summed E-state index contributed by atoms with van der Waals surface area (Å²) < 4.78 is 1.94. The predicted octanol–water partition coefficient (Wildman–Crippen LogP) is 1.45. The van der Waals surface area contributed by atoms with Gasteiger partial charge in [-0.05, 0) is 18.6 Å². The number of amides is 1. The molecule has 8 nitrogen and oxygen atoms in total. The first-order valence-electron chi connectivity index (χ1n) is 8.19. The highest BCUT2D eigenvalue weighted by Crippen LogP contribution is 2.14. The summed E-state index contributed by atoms with van der Waals surface area (Å²) in [5.74, 6) is -0.0713. The van der Waals surface area contributed by atoms with Crippen LogP contribution >= 0.6 is 11.6 Å². The van der Waals surface area contributed by atoms with E-state index in [-0.39, 0.29) is 5.91 Å². The summed E-state index contributed by atoms with van der Waals surface area (Å²) in [6.45, 7) is 3.88. The van der Waals surface area contributed by atoms with E-state index in [1.165, 1.54) is 6.20 Å². The van der Waals surface area contributed by atoms with Crippen LogP contribution < -0.4 is 0 Å². The third-order valence-corrected chi connectivity index (χ3v) is 4.58. The molecule has 0 radical (unpaired) electrons. The first kappa shape index (κ1) is 16.0. The molecule has 1 aliphatic heterocycles. The maximum atomic E-state index is 12.4. The number of carbonyl (C=O) groups is 1. The largest absolute Gasteiger partial charge is 0.336 e. The second kappa shape index (κ2) is 6.81. The first-order chi connectivity index (χ1) is 12.2. The van der Waals surface area contributed by atoms with E-state index < -0.39 is 0 Å². The van der Waals surface area contributed by atoms with Crippen LogP contribution in [-0.2, 0) is 6.54 Å². The first-order valence-corrected chi connectivity index (χ1v) is 8.57. The van der Waals surface area contributed by atoms with Crippen molar-refractivity contribution in [2.24, 2.45) is 0 Å². The van der Waals surface area contributed by atoms with Gasteiger partial charge in [-0.3, -0.25) is 9.69 Å². The molecule has 4 rings (SSSR count). The molecule has 4 heterocycles. The fraction of sp³-hybridized carbons (Fsp3) is 0.375. The van der Waals surface area contributed by atoms with Gasteiger partial charge in [-0.2, -0.15) is 15.4 Å². The Hall–Kier alpha value is -2.45. The minimum Gasteiger partial charge on any atom is -0.336 e. The van der Waals surface area contributed by atoms with Crippen molar-refractivity contribution in [3.8, 4) is 0 Å². The molecule has 3 aromatic heterocycles. The lowest BCUT2D eigenvalue weighted by molar-refractivity contribution is 0.0755.